The van der Waals surface area contributed by atoms with E-state index in [0.717, 1.165) is 22.0 Å². The number of thiophene rings is 1. The normalized spacial score (nSPS) is 11.9. The van der Waals surface area contributed by atoms with E-state index >= 15 is 0 Å². The number of halogens is 1. The van der Waals surface area contributed by atoms with Gasteiger partial charge in [0.05, 0.1) is 11.2 Å². The van der Waals surface area contributed by atoms with E-state index in [1.54, 1.807) is 11.4 Å². The van der Waals surface area contributed by atoms with Crippen LogP contribution in [0.2, 0.25) is 0 Å². The number of aromatic nitrogens is 1. The maximum atomic E-state index is 13.9. The van der Waals surface area contributed by atoms with Crippen LogP contribution >= 0.6 is 11.3 Å². The van der Waals surface area contributed by atoms with E-state index in [1.165, 1.54) is 19.2 Å². The van der Waals surface area contributed by atoms with Gasteiger partial charge in [-0.3, -0.25) is 9.29 Å². The monoisotopic (exact) mass is 328 g/mol. The summed E-state index contributed by atoms with van der Waals surface area (Å²) in [4.78, 5) is 11.4. The zero-order chi connectivity index (χ0) is 15.2. The Hall–Kier alpha value is -2.13. The van der Waals surface area contributed by atoms with Gasteiger partial charge in [0.25, 0.3) is 10.0 Å². The maximum Gasteiger partial charge on any atom is 0.419 e. The molecule has 0 saturated heterocycles. The van der Waals surface area contributed by atoms with Gasteiger partial charge in [0.1, 0.15) is 4.21 Å². The van der Waals surface area contributed by atoms with E-state index in [4.69, 9.17) is 4.42 Å². The Bertz CT molecular complexity index is 971. The number of sulfonamides is 1. The zero-order valence-corrected chi connectivity index (χ0v) is 12.3. The Morgan fingerprint density at radius 2 is 2.14 bits per heavy atom. The summed E-state index contributed by atoms with van der Waals surface area (Å²) in [5.41, 5.74) is 0.108. The van der Waals surface area contributed by atoms with Gasteiger partial charge < -0.3 is 4.42 Å². The minimum Gasteiger partial charge on any atom is -0.408 e. The molecule has 0 unspecified atom stereocenters. The van der Waals surface area contributed by atoms with Crippen molar-refractivity contribution >= 4 is 38.1 Å². The largest absolute Gasteiger partial charge is 0.419 e. The number of hydrogen-bond acceptors (Lipinski definition) is 5. The first-order valence-corrected chi connectivity index (χ1v) is 8.10. The molecular formula is C12H9FN2O4S2. The summed E-state index contributed by atoms with van der Waals surface area (Å²) in [6.45, 7) is 0. The molecule has 2 aromatic heterocycles. The number of rotatable bonds is 3. The van der Waals surface area contributed by atoms with Crippen LogP contribution in [0, 0.1) is 5.82 Å². The molecule has 0 spiro atoms. The Labute approximate surface area is 122 Å². The van der Waals surface area contributed by atoms with Crippen molar-refractivity contribution in [3.63, 3.8) is 0 Å². The molecule has 1 aromatic carbocycles. The van der Waals surface area contributed by atoms with E-state index in [2.05, 4.69) is 4.72 Å². The first-order chi connectivity index (χ1) is 9.88. The van der Waals surface area contributed by atoms with E-state index < -0.39 is 21.6 Å². The van der Waals surface area contributed by atoms with Crippen molar-refractivity contribution < 1.29 is 17.2 Å². The second kappa shape index (κ2) is 4.71. The SMILES string of the molecule is Cn1c(=O)oc2cc(F)c(NS(=O)(=O)c3cccs3)cc21. The number of aryl methyl sites for hydroxylation is 1. The molecule has 0 amide bonds. The second-order valence-corrected chi connectivity index (χ2v) is 7.12. The molecule has 9 heteroatoms. The van der Waals surface area contributed by atoms with Crippen molar-refractivity contribution in [2.24, 2.45) is 7.05 Å². The van der Waals surface area contributed by atoms with E-state index in [-0.39, 0.29) is 15.5 Å². The summed E-state index contributed by atoms with van der Waals surface area (Å²) in [6.07, 6.45) is 0. The topological polar surface area (TPSA) is 81.3 Å². The molecular weight excluding hydrogens is 319 g/mol. The van der Waals surface area contributed by atoms with Crippen LogP contribution in [0.15, 0.2) is 43.1 Å². The minimum atomic E-state index is -3.86. The van der Waals surface area contributed by atoms with E-state index in [9.17, 15) is 17.6 Å². The van der Waals surface area contributed by atoms with Crippen molar-refractivity contribution in [2.75, 3.05) is 4.72 Å². The number of oxazole rings is 1. The Morgan fingerprint density at radius 1 is 1.38 bits per heavy atom. The third-order valence-electron chi connectivity index (χ3n) is 2.89. The fourth-order valence-electron chi connectivity index (χ4n) is 1.84. The predicted octanol–water partition coefficient (Wildman–Crippen LogP) is 2.13. The van der Waals surface area contributed by atoms with Gasteiger partial charge in [0.2, 0.25) is 0 Å². The fraction of sp³-hybridized carbons (Fsp3) is 0.0833. The number of benzene rings is 1. The standard InChI is InChI=1S/C12H9FN2O4S2/c1-15-9-6-8(7(13)5-10(9)19-12(15)16)14-21(17,18)11-3-2-4-20-11/h2-6,14H,1H3. The molecule has 0 fully saturated rings. The highest BCUT2D eigenvalue weighted by molar-refractivity contribution is 7.94. The van der Waals surface area contributed by atoms with Crippen molar-refractivity contribution in [2.45, 2.75) is 4.21 Å². The lowest BCUT2D eigenvalue weighted by Gasteiger charge is -2.07. The van der Waals surface area contributed by atoms with E-state index in [0.29, 0.717) is 5.52 Å². The lowest BCUT2D eigenvalue weighted by Crippen LogP contribution is -2.13. The number of nitrogens with zero attached hydrogens (tertiary/aromatic N) is 1. The van der Waals surface area contributed by atoms with Crippen LogP contribution in [0.5, 0.6) is 0 Å². The summed E-state index contributed by atoms with van der Waals surface area (Å²) < 4.78 is 46.3. The van der Waals surface area contributed by atoms with Gasteiger partial charge in [0, 0.05) is 13.1 Å². The molecule has 3 aromatic rings. The average molecular weight is 328 g/mol. The highest BCUT2D eigenvalue weighted by Crippen LogP contribution is 2.25. The van der Waals surface area contributed by atoms with Crippen LogP contribution < -0.4 is 10.5 Å². The van der Waals surface area contributed by atoms with Crippen LogP contribution in [-0.4, -0.2) is 13.0 Å². The molecule has 0 aliphatic heterocycles. The average Bonchev–Trinajstić information content (AvgIpc) is 3.02. The number of hydrogen-bond donors (Lipinski definition) is 1. The van der Waals surface area contributed by atoms with Gasteiger partial charge in [-0.15, -0.1) is 11.3 Å². The molecule has 0 radical (unpaired) electrons. The minimum absolute atomic E-state index is 0.0547. The second-order valence-electron chi connectivity index (χ2n) is 4.26. The molecule has 0 aliphatic rings. The smallest absolute Gasteiger partial charge is 0.408 e. The van der Waals surface area contributed by atoms with Crippen LogP contribution in [0.25, 0.3) is 11.1 Å². The van der Waals surface area contributed by atoms with Gasteiger partial charge in [-0.1, -0.05) is 6.07 Å². The molecule has 3 rings (SSSR count). The number of anilines is 1. The summed E-state index contributed by atoms with van der Waals surface area (Å²) >= 11 is 1.02. The third kappa shape index (κ3) is 2.34. The summed E-state index contributed by atoms with van der Waals surface area (Å²) in [5, 5.41) is 1.61. The van der Waals surface area contributed by atoms with Crippen molar-refractivity contribution in [1.29, 1.82) is 0 Å². The Kier molecular flexibility index (Phi) is 3.10. The van der Waals surface area contributed by atoms with Gasteiger partial charge in [-0.2, -0.15) is 0 Å². The quantitative estimate of drug-likeness (QED) is 0.798. The lowest BCUT2D eigenvalue weighted by atomic mass is 10.3. The fourth-order valence-corrected chi connectivity index (χ4v) is 3.89. The van der Waals surface area contributed by atoms with Crippen LogP contribution in [0.1, 0.15) is 0 Å². The van der Waals surface area contributed by atoms with Crippen LogP contribution in [0.3, 0.4) is 0 Å². The molecule has 6 nitrogen and oxygen atoms in total. The molecule has 0 bridgehead atoms. The number of nitrogens with one attached hydrogen (secondary N) is 1. The summed E-state index contributed by atoms with van der Waals surface area (Å²) in [6, 6.07) is 5.19. The Balaban J connectivity index is 2.11. The third-order valence-corrected chi connectivity index (χ3v) is 5.65. The van der Waals surface area contributed by atoms with Gasteiger partial charge in [0.15, 0.2) is 11.4 Å². The van der Waals surface area contributed by atoms with Crippen molar-refractivity contribution in [3.05, 3.63) is 46.0 Å². The number of fused-ring (bicyclic) bond motifs is 1. The molecule has 21 heavy (non-hydrogen) atoms. The zero-order valence-electron chi connectivity index (χ0n) is 10.7. The highest BCUT2D eigenvalue weighted by atomic mass is 32.2. The molecule has 2 heterocycles. The summed E-state index contributed by atoms with van der Waals surface area (Å²) in [5.74, 6) is -1.47. The van der Waals surface area contributed by atoms with Crippen molar-refractivity contribution in [1.82, 2.24) is 4.57 Å². The van der Waals surface area contributed by atoms with Crippen LogP contribution in [0.4, 0.5) is 10.1 Å². The van der Waals surface area contributed by atoms with Gasteiger partial charge in [-0.05, 0) is 17.5 Å². The first-order valence-electron chi connectivity index (χ1n) is 5.74. The first kappa shape index (κ1) is 13.8. The van der Waals surface area contributed by atoms with E-state index in [1.807, 2.05) is 0 Å². The molecule has 0 aliphatic carbocycles. The molecule has 1 N–H and O–H groups in total. The maximum absolute atomic E-state index is 13.9. The van der Waals surface area contributed by atoms with Crippen LogP contribution in [-0.2, 0) is 17.1 Å². The van der Waals surface area contributed by atoms with Crippen molar-refractivity contribution in [3.8, 4) is 0 Å². The highest BCUT2D eigenvalue weighted by Gasteiger charge is 2.19. The molecule has 0 saturated carbocycles. The van der Waals surface area contributed by atoms with Gasteiger partial charge >= 0.3 is 5.76 Å². The predicted molar refractivity (Wildman–Crippen MR) is 76.5 cm³/mol. The summed E-state index contributed by atoms with van der Waals surface area (Å²) in [7, 11) is -2.41. The lowest BCUT2D eigenvalue weighted by molar-refractivity contribution is 0.525. The Morgan fingerprint density at radius 3 is 2.81 bits per heavy atom. The van der Waals surface area contributed by atoms with Gasteiger partial charge in [-0.25, -0.2) is 17.6 Å². The molecule has 0 atom stereocenters. The molecule has 110 valence electrons.